The molecular weight excluding hydrogens is 252 g/mol. The van der Waals surface area contributed by atoms with Crippen molar-refractivity contribution < 1.29 is 4.74 Å². The smallest absolute Gasteiger partial charge is 0.234 e. The highest BCUT2D eigenvalue weighted by Gasteiger charge is 2.20. The molecule has 1 aliphatic rings. The van der Waals surface area contributed by atoms with E-state index in [1.54, 1.807) is 6.20 Å². The molecule has 0 bridgehead atoms. The van der Waals surface area contributed by atoms with Crippen LogP contribution in [0.3, 0.4) is 0 Å². The molecule has 1 atom stereocenters. The third-order valence-corrected chi connectivity index (χ3v) is 3.66. The normalized spacial score (nSPS) is 19.1. The van der Waals surface area contributed by atoms with Gasteiger partial charge in [-0.3, -0.25) is 4.98 Å². The number of anilines is 1. The molecular formula is C15H26N4O. The maximum absolute atomic E-state index is 5.45. The van der Waals surface area contributed by atoms with Crippen molar-refractivity contribution in [1.82, 2.24) is 15.3 Å². The van der Waals surface area contributed by atoms with Gasteiger partial charge < -0.3 is 15.0 Å². The second-order valence-electron chi connectivity index (χ2n) is 5.61. The first-order valence-electron chi connectivity index (χ1n) is 7.63. The zero-order valence-corrected chi connectivity index (χ0v) is 12.8. The van der Waals surface area contributed by atoms with Crippen LogP contribution in [0.5, 0.6) is 5.88 Å². The Bertz CT molecular complexity index is 405. The van der Waals surface area contributed by atoms with Gasteiger partial charge in [-0.15, -0.1) is 0 Å². The second-order valence-corrected chi connectivity index (χ2v) is 5.61. The Hall–Kier alpha value is -1.36. The summed E-state index contributed by atoms with van der Waals surface area (Å²) >= 11 is 0. The first-order chi connectivity index (χ1) is 9.70. The minimum absolute atomic E-state index is 0.406. The van der Waals surface area contributed by atoms with Gasteiger partial charge in [0.2, 0.25) is 5.88 Å². The maximum atomic E-state index is 5.45. The first kappa shape index (κ1) is 15.0. The number of nitrogens with zero attached hydrogens (tertiary/aromatic N) is 3. The quantitative estimate of drug-likeness (QED) is 0.863. The van der Waals surface area contributed by atoms with Crippen molar-refractivity contribution in [3.63, 3.8) is 0 Å². The van der Waals surface area contributed by atoms with Crippen LogP contribution < -0.4 is 15.0 Å². The molecule has 0 aliphatic carbocycles. The molecule has 0 amide bonds. The molecule has 112 valence electrons. The van der Waals surface area contributed by atoms with Gasteiger partial charge in [0.25, 0.3) is 0 Å². The van der Waals surface area contributed by atoms with Crippen LogP contribution in [0.25, 0.3) is 0 Å². The topological polar surface area (TPSA) is 50.3 Å². The summed E-state index contributed by atoms with van der Waals surface area (Å²) < 4.78 is 5.45. The Morgan fingerprint density at radius 3 is 2.95 bits per heavy atom. The van der Waals surface area contributed by atoms with Crippen molar-refractivity contribution in [2.45, 2.75) is 39.7 Å². The van der Waals surface area contributed by atoms with E-state index in [0.29, 0.717) is 24.4 Å². The van der Waals surface area contributed by atoms with Crippen molar-refractivity contribution >= 4 is 5.82 Å². The number of rotatable bonds is 6. The molecule has 1 saturated heterocycles. The van der Waals surface area contributed by atoms with E-state index < -0.39 is 0 Å². The fourth-order valence-corrected chi connectivity index (χ4v) is 2.62. The Morgan fingerprint density at radius 1 is 1.45 bits per heavy atom. The highest BCUT2D eigenvalue weighted by molar-refractivity contribution is 5.38. The summed E-state index contributed by atoms with van der Waals surface area (Å²) in [4.78, 5) is 11.2. The van der Waals surface area contributed by atoms with Gasteiger partial charge in [0.15, 0.2) is 5.82 Å². The van der Waals surface area contributed by atoms with E-state index in [2.05, 4.69) is 34.0 Å². The lowest BCUT2D eigenvalue weighted by Crippen LogP contribution is -2.41. The maximum Gasteiger partial charge on any atom is 0.234 e. The Kier molecular flexibility index (Phi) is 5.59. The molecule has 1 fully saturated rings. The van der Waals surface area contributed by atoms with Gasteiger partial charge in [-0.25, -0.2) is 0 Å². The number of aromatic nitrogens is 2. The molecule has 1 aliphatic heterocycles. The molecule has 0 aromatic carbocycles. The van der Waals surface area contributed by atoms with E-state index in [1.165, 1.54) is 12.8 Å². The molecule has 1 unspecified atom stereocenters. The molecule has 20 heavy (non-hydrogen) atoms. The highest BCUT2D eigenvalue weighted by Crippen LogP contribution is 2.20. The third-order valence-electron chi connectivity index (χ3n) is 3.66. The number of piperidine rings is 1. The van der Waals surface area contributed by atoms with Crippen LogP contribution in [0.15, 0.2) is 12.4 Å². The summed E-state index contributed by atoms with van der Waals surface area (Å²) in [5.41, 5.74) is 0. The Labute approximate surface area is 121 Å². The van der Waals surface area contributed by atoms with E-state index in [9.17, 15) is 0 Å². The number of ether oxygens (including phenoxy) is 1. The molecule has 1 aromatic heterocycles. The molecule has 1 N–H and O–H groups in total. The molecule has 0 saturated carbocycles. The molecule has 0 spiro atoms. The zero-order valence-electron chi connectivity index (χ0n) is 12.8. The highest BCUT2D eigenvalue weighted by atomic mass is 16.5. The summed E-state index contributed by atoms with van der Waals surface area (Å²) in [5, 5.41) is 3.47. The van der Waals surface area contributed by atoms with E-state index in [4.69, 9.17) is 4.74 Å². The van der Waals surface area contributed by atoms with Crippen LogP contribution in [0, 0.1) is 5.92 Å². The van der Waals surface area contributed by atoms with E-state index in [-0.39, 0.29) is 0 Å². The standard InChI is InChI=1S/C15H26N4O/c1-4-20-15-10-17-9-14(18-15)19(12(2)3)11-13-6-5-7-16-8-13/h9-10,12-13,16H,4-8,11H2,1-3H3. The largest absolute Gasteiger partial charge is 0.477 e. The molecule has 5 nitrogen and oxygen atoms in total. The predicted octanol–water partition coefficient (Wildman–Crippen LogP) is 2.09. The minimum atomic E-state index is 0.406. The average Bonchev–Trinajstić information content (AvgIpc) is 2.46. The third kappa shape index (κ3) is 4.07. The van der Waals surface area contributed by atoms with Gasteiger partial charge in [-0.1, -0.05) is 0 Å². The predicted molar refractivity (Wildman–Crippen MR) is 81.3 cm³/mol. The van der Waals surface area contributed by atoms with Crippen LogP contribution in [0.4, 0.5) is 5.82 Å². The van der Waals surface area contributed by atoms with Gasteiger partial charge in [0, 0.05) is 12.6 Å². The van der Waals surface area contributed by atoms with Crippen LogP contribution in [0.1, 0.15) is 33.6 Å². The summed E-state index contributed by atoms with van der Waals surface area (Å²) in [6.45, 7) is 10.2. The van der Waals surface area contributed by atoms with Crippen LogP contribution in [0.2, 0.25) is 0 Å². The lowest BCUT2D eigenvalue weighted by atomic mass is 9.98. The van der Waals surface area contributed by atoms with Crippen molar-refractivity contribution in [2.24, 2.45) is 5.92 Å². The van der Waals surface area contributed by atoms with Gasteiger partial charge >= 0.3 is 0 Å². The summed E-state index contributed by atoms with van der Waals surface area (Å²) in [6, 6.07) is 0.406. The Balaban J connectivity index is 2.08. The zero-order chi connectivity index (χ0) is 14.4. The lowest BCUT2D eigenvalue weighted by Gasteiger charge is -2.33. The van der Waals surface area contributed by atoms with Crippen molar-refractivity contribution in [3.05, 3.63) is 12.4 Å². The number of hydrogen-bond donors (Lipinski definition) is 1. The summed E-state index contributed by atoms with van der Waals surface area (Å²) in [6.07, 6.45) is 6.06. The Morgan fingerprint density at radius 2 is 2.30 bits per heavy atom. The van der Waals surface area contributed by atoms with Crippen molar-refractivity contribution in [2.75, 3.05) is 31.1 Å². The van der Waals surface area contributed by atoms with E-state index in [0.717, 1.165) is 25.5 Å². The van der Waals surface area contributed by atoms with E-state index in [1.807, 2.05) is 13.1 Å². The number of hydrogen-bond acceptors (Lipinski definition) is 5. The van der Waals surface area contributed by atoms with Crippen molar-refractivity contribution in [3.8, 4) is 5.88 Å². The molecule has 0 radical (unpaired) electrons. The fourth-order valence-electron chi connectivity index (χ4n) is 2.62. The SMILES string of the molecule is CCOc1cncc(N(CC2CCCNC2)C(C)C)n1. The number of nitrogens with one attached hydrogen (secondary N) is 1. The minimum Gasteiger partial charge on any atom is -0.477 e. The first-order valence-corrected chi connectivity index (χ1v) is 7.63. The average molecular weight is 278 g/mol. The molecule has 1 aromatic rings. The van der Waals surface area contributed by atoms with Gasteiger partial charge in [-0.2, -0.15) is 4.98 Å². The van der Waals surface area contributed by atoms with Crippen LogP contribution >= 0.6 is 0 Å². The second kappa shape index (κ2) is 7.43. The van der Waals surface area contributed by atoms with Crippen molar-refractivity contribution in [1.29, 1.82) is 0 Å². The van der Waals surface area contributed by atoms with Crippen LogP contribution in [-0.2, 0) is 0 Å². The van der Waals surface area contributed by atoms with Gasteiger partial charge in [-0.05, 0) is 52.6 Å². The summed E-state index contributed by atoms with van der Waals surface area (Å²) in [5.74, 6) is 2.21. The lowest BCUT2D eigenvalue weighted by molar-refractivity contribution is 0.324. The van der Waals surface area contributed by atoms with E-state index >= 15 is 0 Å². The molecule has 2 heterocycles. The molecule has 2 rings (SSSR count). The van der Waals surface area contributed by atoms with Crippen LogP contribution in [-0.4, -0.2) is 42.3 Å². The summed E-state index contributed by atoms with van der Waals surface area (Å²) in [7, 11) is 0. The van der Waals surface area contributed by atoms with Gasteiger partial charge in [0.1, 0.15) is 0 Å². The van der Waals surface area contributed by atoms with Gasteiger partial charge in [0.05, 0.1) is 19.0 Å². The fraction of sp³-hybridized carbons (Fsp3) is 0.733. The molecule has 5 heteroatoms. The monoisotopic (exact) mass is 278 g/mol.